The molecule has 1 aliphatic heterocycles. The van der Waals surface area contributed by atoms with E-state index in [1.807, 2.05) is 18.2 Å². The zero-order chi connectivity index (χ0) is 15.4. The fourth-order valence-corrected chi connectivity index (χ4v) is 2.94. The predicted molar refractivity (Wildman–Crippen MR) is 85.4 cm³/mol. The summed E-state index contributed by atoms with van der Waals surface area (Å²) in [6.45, 7) is 1.46. The summed E-state index contributed by atoms with van der Waals surface area (Å²) >= 11 is 6.26. The van der Waals surface area contributed by atoms with Crippen LogP contribution in [0.15, 0.2) is 36.7 Å². The van der Waals surface area contributed by atoms with Crippen molar-refractivity contribution in [3.05, 3.63) is 41.7 Å². The normalized spacial score (nSPS) is 18.1. The molecule has 2 heterocycles. The van der Waals surface area contributed by atoms with Crippen molar-refractivity contribution in [1.82, 2.24) is 9.78 Å². The number of hydrogen-bond donors (Lipinski definition) is 1. The zero-order valence-corrected chi connectivity index (χ0v) is 12.9. The molecular formula is C16H18ClN3O2. The number of benzene rings is 1. The van der Waals surface area contributed by atoms with Crippen molar-refractivity contribution in [3.8, 4) is 5.69 Å². The first kappa shape index (κ1) is 15.1. The van der Waals surface area contributed by atoms with Gasteiger partial charge in [0.25, 0.3) is 0 Å². The van der Waals surface area contributed by atoms with Crippen molar-refractivity contribution >= 4 is 23.2 Å². The van der Waals surface area contributed by atoms with Gasteiger partial charge in [-0.3, -0.25) is 4.79 Å². The molecule has 0 saturated carbocycles. The Kier molecular flexibility index (Phi) is 4.75. The van der Waals surface area contributed by atoms with Gasteiger partial charge in [-0.25, -0.2) is 4.68 Å². The van der Waals surface area contributed by atoms with Gasteiger partial charge in [-0.1, -0.05) is 17.7 Å². The van der Waals surface area contributed by atoms with Crippen LogP contribution in [0.25, 0.3) is 5.69 Å². The number of carbonyl (C=O) groups excluding carboxylic acids is 1. The van der Waals surface area contributed by atoms with E-state index in [4.69, 9.17) is 16.3 Å². The summed E-state index contributed by atoms with van der Waals surface area (Å²) in [6, 6.07) is 7.24. The van der Waals surface area contributed by atoms with E-state index in [-0.39, 0.29) is 5.91 Å². The molecule has 22 heavy (non-hydrogen) atoms. The summed E-state index contributed by atoms with van der Waals surface area (Å²) in [7, 11) is 0. The van der Waals surface area contributed by atoms with Crippen molar-refractivity contribution in [1.29, 1.82) is 0 Å². The third-order valence-electron chi connectivity index (χ3n) is 3.72. The Labute approximate surface area is 134 Å². The molecule has 1 amide bonds. The number of amides is 1. The number of anilines is 1. The first-order chi connectivity index (χ1) is 10.7. The zero-order valence-electron chi connectivity index (χ0n) is 12.2. The fourth-order valence-electron chi connectivity index (χ4n) is 2.68. The van der Waals surface area contributed by atoms with E-state index in [9.17, 15) is 4.79 Å². The average molecular weight is 320 g/mol. The number of carbonyl (C=O) groups is 1. The lowest BCUT2D eigenvalue weighted by Gasteiger charge is -2.21. The highest BCUT2D eigenvalue weighted by Crippen LogP contribution is 2.28. The van der Waals surface area contributed by atoms with E-state index in [1.165, 1.54) is 0 Å². The number of para-hydroxylation sites is 1. The maximum absolute atomic E-state index is 12.3. The monoisotopic (exact) mass is 319 g/mol. The summed E-state index contributed by atoms with van der Waals surface area (Å²) in [5.74, 6) is 0.271. The maximum atomic E-state index is 12.3. The van der Waals surface area contributed by atoms with E-state index in [2.05, 4.69) is 10.4 Å². The Morgan fingerprint density at radius 3 is 3.09 bits per heavy atom. The number of hydrogen-bond acceptors (Lipinski definition) is 3. The van der Waals surface area contributed by atoms with Gasteiger partial charge >= 0.3 is 0 Å². The van der Waals surface area contributed by atoms with Gasteiger partial charge in [0.05, 0.1) is 10.7 Å². The summed E-state index contributed by atoms with van der Waals surface area (Å²) in [5.41, 5.74) is 1.35. The van der Waals surface area contributed by atoms with Crippen molar-refractivity contribution in [2.24, 2.45) is 5.92 Å². The Bertz CT molecular complexity index is 637. The first-order valence-electron chi connectivity index (χ1n) is 7.40. The first-order valence-corrected chi connectivity index (χ1v) is 7.78. The molecule has 6 heteroatoms. The van der Waals surface area contributed by atoms with Crippen LogP contribution in [0.5, 0.6) is 0 Å². The molecule has 5 nitrogen and oxygen atoms in total. The Morgan fingerprint density at radius 1 is 1.45 bits per heavy atom. The molecular weight excluding hydrogens is 302 g/mol. The van der Waals surface area contributed by atoms with E-state index in [1.54, 1.807) is 23.1 Å². The van der Waals surface area contributed by atoms with Crippen molar-refractivity contribution < 1.29 is 9.53 Å². The number of nitrogens with one attached hydrogen (secondary N) is 1. The molecule has 1 fully saturated rings. The summed E-state index contributed by atoms with van der Waals surface area (Å²) in [5, 5.41) is 7.68. The number of halogens is 1. The van der Waals surface area contributed by atoms with Crippen LogP contribution in [0.4, 0.5) is 5.69 Å². The van der Waals surface area contributed by atoms with Gasteiger partial charge < -0.3 is 10.1 Å². The topological polar surface area (TPSA) is 56.1 Å². The quantitative estimate of drug-likeness (QED) is 0.941. The fraction of sp³-hybridized carbons (Fsp3) is 0.375. The van der Waals surface area contributed by atoms with Gasteiger partial charge in [0.15, 0.2) is 0 Å². The van der Waals surface area contributed by atoms with E-state index in [0.29, 0.717) is 35.3 Å². The second-order valence-corrected chi connectivity index (χ2v) is 5.83. The predicted octanol–water partition coefficient (Wildman–Crippen LogP) is 3.28. The number of aromatic nitrogens is 2. The third-order valence-corrected chi connectivity index (χ3v) is 4.03. The molecule has 1 unspecified atom stereocenters. The molecule has 0 spiro atoms. The second kappa shape index (κ2) is 6.94. The summed E-state index contributed by atoms with van der Waals surface area (Å²) in [6.07, 6.45) is 5.99. The van der Waals surface area contributed by atoms with Crippen LogP contribution >= 0.6 is 11.6 Å². The highest BCUT2D eigenvalue weighted by Gasteiger charge is 2.19. The second-order valence-electron chi connectivity index (χ2n) is 5.42. The molecule has 1 aromatic heterocycles. The molecule has 2 aromatic rings. The lowest BCUT2D eigenvalue weighted by Crippen LogP contribution is -2.24. The van der Waals surface area contributed by atoms with Crippen molar-refractivity contribution in [3.63, 3.8) is 0 Å². The van der Waals surface area contributed by atoms with Crippen LogP contribution < -0.4 is 5.32 Å². The van der Waals surface area contributed by atoms with E-state index in [0.717, 1.165) is 19.4 Å². The van der Waals surface area contributed by atoms with Crippen molar-refractivity contribution in [2.45, 2.75) is 19.3 Å². The molecule has 1 N–H and O–H groups in total. The van der Waals surface area contributed by atoms with Crippen LogP contribution in [0.1, 0.15) is 19.3 Å². The Balaban J connectivity index is 1.74. The molecule has 0 radical (unpaired) electrons. The molecule has 116 valence electrons. The third kappa shape index (κ3) is 3.48. The average Bonchev–Trinajstić information content (AvgIpc) is 3.02. The summed E-state index contributed by atoms with van der Waals surface area (Å²) in [4.78, 5) is 12.3. The van der Waals surface area contributed by atoms with Gasteiger partial charge in [0, 0.05) is 32.0 Å². The number of rotatable bonds is 4. The van der Waals surface area contributed by atoms with Gasteiger partial charge in [-0.15, -0.1) is 0 Å². The molecule has 1 saturated heterocycles. The van der Waals surface area contributed by atoms with Crippen LogP contribution in [-0.2, 0) is 9.53 Å². The standard InChI is InChI=1S/C16H18ClN3O2/c17-13-5-1-6-14(16(13)20-8-3-7-18-20)19-15(21)10-12-4-2-9-22-11-12/h1,3,5-8,12H,2,4,9-11H2,(H,19,21). The maximum Gasteiger partial charge on any atom is 0.224 e. The lowest BCUT2D eigenvalue weighted by atomic mass is 9.98. The number of nitrogens with zero attached hydrogens (tertiary/aromatic N) is 2. The Morgan fingerprint density at radius 2 is 2.36 bits per heavy atom. The summed E-state index contributed by atoms with van der Waals surface area (Å²) < 4.78 is 7.07. The minimum atomic E-state index is -0.0221. The number of ether oxygens (including phenoxy) is 1. The van der Waals surface area contributed by atoms with E-state index >= 15 is 0 Å². The van der Waals surface area contributed by atoms with Crippen LogP contribution in [0.3, 0.4) is 0 Å². The molecule has 1 aromatic carbocycles. The van der Waals surface area contributed by atoms with Crippen molar-refractivity contribution in [2.75, 3.05) is 18.5 Å². The van der Waals surface area contributed by atoms with Gasteiger partial charge in [-0.2, -0.15) is 5.10 Å². The smallest absolute Gasteiger partial charge is 0.224 e. The van der Waals surface area contributed by atoms with E-state index < -0.39 is 0 Å². The highest BCUT2D eigenvalue weighted by molar-refractivity contribution is 6.33. The molecule has 3 rings (SSSR count). The minimum absolute atomic E-state index is 0.0221. The van der Waals surface area contributed by atoms with Gasteiger partial charge in [0.2, 0.25) is 5.91 Å². The SMILES string of the molecule is O=C(CC1CCCOC1)Nc1cccc(Cl)c1-n1cccn1. The minimum Gasteiger partial charge on any atom is -0.381 e. The van der Waals surface area contributed by atoms with Crippen LogP contribution in [0, 0.1) is 5.92 Å². The van der Waals surface area contributed by atoms with Crippen LogP contribution in [0.2, 0.25) is 5.02 Å². The molecule has 0 aliphatic carbocycles. The largest absolute Gasteiger partial charge is 0.381 e. The molecule has 1 aliphatic rings. The lowest BCUT2D eigenvalue weighted by molar-refractivity contribution is -0.118. The Hall–Kier alpha value is -1.85. The molecule has 0 bridgehead atoms. The molecule has 1 atom stereocenters. The highest BCUT2D eigenvalue weighted by atomic mass is 35.5. The van der Waals surface area contributed by atoms with Crippen LogP contribution in [-0.4, -0.2) is 28.9 Å². The van der Waals surface area contributed by atoms with Gasteiger partial charge in [-0.05, 0) is 37.0 Å². The van der Waals surface area contributed by atoms with Gasteiger partial charge in [0.1, 0.15) is 5.69 Å².